The molecule has 0 aliphatic carbocycles. The summed E-state index contributed by atoms with van der Waals surface area (Å²) in [4.78, 5) is -0.370. The minimum atomic E-state index is -4.25. The average Bonchev–Trinajstić information content (AvgIpc) is 2.86. The van der Waals surface area contributed by atoms with Crippen molar-refractivity contribution in [3.05, 3.63) is 107 Å². The fourth-order valence-electron chi connectivity index (χ4n) is 3.49. The molecule has 0 spiro atoms. The van der Waals surface area contributed by atoms with Crippen LogP contribution < -0.4 is 11.5 Å². The van der Waals surface area contributed by atoms with E-state index in [2.05, 4.69) is 63.4 Å². The third-order valence-electron chi connectivity index (χ3n) is 5.79. The van der Waals surface area contributed by atoms with Crippen molar-refractivity contribution in [3.63, 3.8) is 0 Å². The van der Waals surface area contributed by atoms with Gasteiger partial charge in [0.1, 0.15) is 31.6 Å². The summed E-state index contributed by atoms with van der Waals surface area (Å²) in [7, 11) is -8.51. The number of benzene rings is 4. The molecule has 10 heteroatoms. The van der Waals surface area contributed by atoms with Gasteiger partial charge in [0.25, 0.3) is 0 Å². The lowest BCUT2D eigenvalue weighted by Gasteiger charge is -2.09. The summed E-state index contributed by atoms with van der Waals surface area (Å²) in [5.74, 6) is 0. The third-order valence-corrected chi connectivity index (χ3v) is 7.49. The minimum absolute atomic E-state index is 0.185. The van der Waals surface area contributed by atoms with Crippen LogP contribution in [0.4, 0.5) is 11.4 Å². The maximum absolute atomic E-state index is 10.3. The molecule has 0 saturated heterocycles. The largest absolute Gasteiger partial charge is 0.744 e. The SMILES string of the molecule is Cc1cc(-c2cc(C)c([NH3+])c(C)c2)cc(C)c1[NH3+].O=S(=O)([O-])c1ccccc1.O=S(=O)([O-])c1ccccc1. The standard InChI is InChI=1S/C16H20N2.2C6H6O3S/c1-9-5-13(6-10(2)15(9)17)14-7-11(3)16(18)12(4)8-14;2*7-10(8,9)6-4-2-1-3-5-6/h5-8H,17-18H2,1-4H3;2*1-5H,(H,7,8,9). The highest BCUT2D eigenvalue weighted by Crippen LogP contribution is 2.29. The molecule has 0 heterocycles. The van der Waals surface area contributed by atoms with E-state index in [1.165, 1.54) is 81.9 Å². The maximum Gasteiger partial charge on any atom is 0.133 e. The highest BCUT2D eigenvalue weighted by Gasteiger charge is 2.10. The lowest BCUT2D eigenvalue weighted by Crippen LogP contribution is -2.42. The van der Waals surface area contributed by atoms with Gasteiger partial charge in [0.2, 0.25) is 0 Å². The Bertz CT molecular complexity index is 1440. The van der Waals surface area contributed by atoms with Crippen LogP contribution >= 0.6 is 0 Å². The molecule has 0 amide bonds. The van der Waals surface area contributed by atoms with Gasteiger partial charge in [-0.25, -0.2) is 16.8 Å². The van der Waals surface area contributed by atoms with Gasteiger partial charge in [-0.15, -0.1) is 0 Å². The van der Waals surface area contributed by atoms with Crippen LogP contribution in [0.3, 0.4) is 0 Å². The number of hydrogen-bond acceptors (Lipinski definition) is 6. The predicted octanol–water partition coefficient (Wildman–Crippen LogP) is 3.52. The second kappa shape index (κ2) is 12.9. The van der Waals surface area contributed by atoms with Gasteiger partial charge in [-0.2, -0.15) is 0 Å². The summed E-state index contributed by atoms with van der Waals surface area (Å²) in [5.41, 5.74) is 18.0. The Morgan fingerprint density at radius 1 is 0.500 bits per heavy atom. The summed E-state index contributed by atoms with van der Waals surface area (Å²) in [6, 6.07) is 23.2. The first-order chi connectivity index (χ1) is 17.6. The normalized spacial score (nSPS) is 11.1. The maximum atomic E-state index is 10.3. The van der Waals surface area contributed by atoms with Crippen molar-refractivity contribution in [3.8, 4) is 11.1 Å². The Hall–Kier alpha value is -3.38. The highest BCUT2D eigenvalue weighted by atomic mass is 32.2. The smallest absolute Gasteiger partial charge is 0.133 e. The molecule has 0 aliphatic rings. The van der Waals surface area contributed by atoms with Gasteiger partial charge in [0.05, 0.1) is 9.79 Å². The van der Waals surface area contributed by atoms with Gasteiger partial charge in [-0.3, -0.25) is 0 Å². The first-order valence-corrected chi connectivity index (χ1v) is 14.3. The molecule has 4 rings (SSSR count). The molecule has 4 aromatic rings. The molecule has 0 unspecified atom stereocenters. The predicted molar refractivity (Wildman–Crippen MR) is 145 cm³/mol. The second-order valence-electron chi connectivity index (χ2n) is 8.71. The summed E-state index contributed by atoms with van der Waals surface area (Å²) < 4.78 is 61.7. The van der Waals surface area contributed by atoms with E-state index >= 15 is 0 Å². The van der Waals surface area contributed by atoms with Gasteiger partial charge in [-0.1, -0.05) is 36.4 Å². The van der Waals surface area contributed by atoms with E-state index in [1.807, 2.05) is 0 Å². The molecule has 0 fully saturated rings. The Morgan fingerprint density at radius 2 is 0.737 bits per heavy atom. The molecule has 4 aromatic carbocycles. The van der Waals surface area contributed by atoms with Crippen molar-refractivity contribution < 1.29 is 37.4 Å². The summed E-state index contributed by atoms with van der Waals surface area (Å²) in [6.07, 6.45) is 0. The number of aryl methyl sites for hydroxylation is 4. The zero-order valence-corrected chi connectivity index (χ0v) is 23.4. The highest BCUT2D eigenvalue weighted by molar-refractivity contribution is 7.86. The van der Waals surface area contributed by atoms with E-state index in [-0.39, 0.29) is 9.79 Å². The van der Waals surface area contributed by atoms with Crippen LogP contribution in [0.25, 0.3) is 11.1 Å². The Labute approximate surface area is 224 Å². The van der Waals surface area contributed by atoms with Gasteiger partial charge in [-0.05, 0) is 87.4 Å². The average molecular weight is 557 g/mol. The molecule has 0 bridgehead atoms. The molecule has 0 aromatic heterocycles. The van der Waals surface area contributed by atoms with E-state index in [1.54, 1.807) is 12.1 Å². The Morgan fingerprint density at radius 3 is 0.921 bits per heavy atom. The van der Waals surface area contributed by atoms with Crippen molar-refractivity contribution in [2.75, 3.05) is 0 Å². The van der Waals surface area contributed by atoms with E-state index in [9.17, 15) is 25.9 Å². The van der Waals surface area contributed by atoms with Crippen molar-refractivity contribution in [2.24, 2.45) is 0 Å². The molecule has 0 saturated carbocycles. The topological polar surface area (TPSA) is 170 Å². The van der Waals surface area contributed by atoms with Crippen molar-refractivity contribution >= 4 is 31.6 Å². The van der Waals surface area contributed by atoms with Crippen LogP contribution in [0.15, 0.2) is 94.7 Å². The van der Waals surface area contributed by atoms with Gasteiger partial charge in [0, 0.05) is 22.3 Å². The van der Waals surface area contributed by atoms with E-state index in [0.717, 1.165) is 11.4 Å². The van der Waals surface area contributed by atoms with Crippen molar-refractivity contribution in [2.45, 2.75) is 37.5 Å². The first kappa shape index (κ1) is 30.8. The molecular weight excluding hydrogens is 524 g/mol. The molecule has 8 nitrogen and oxygen atoms in total. The minimum Gasteiger partial charge on any atom is -0.744 e. The number of quaternary nitrogens is 2. The lowest BCUT2D eigenvalue weighted by molar-refractivity contribution is -0.257. The summed E-state index contributed by atoms with van der Waals surface area (Å²) >= 11 is 0. The zero-order chi connectivity index (χ0) is 28.7. The fourth-order valence-corrected chi connectivity index (χ4v) is 4.48. The van der Waals surface area contributed by atoms with Crippen LogP contribution in [0.5, 0.6) is 0 Å². The molecule has 202 valence electrons. The van der Waals surface area contributed by atoms with Crippen LogP contribution in [0, 0.1) is 27.7 Å². The van der Waals surface area contributed by atoms with Crippen LogP contribution in [-0.4, -0.2) is 25.9 Å². The molecule has 0 aliphatic heterocycles. The van der Waals surface area contributed by atoms with Crippen LogP contribution in [-0.2, 0) is 20.2 Å². The monoisotopic (exact) mass is 556 g/mol. The number of hydrogen-bond donors (Lipinski definition) is 2. The van der Waals surface area contributed by atoms with E-state index in [0.29, 0.717) is 0 Å². The quantitative estimate of drug-likeness (QED) is 0.366. The third kappa shape index (κ3) is 8.88. The van der Waals surface area contributed by atoms with Crippen molar-refractivity contribution in [1.29, 1.82) is 0 Å². The fraction of sp³-hybridized carbons (Fsp3) is 0.143. The van der Waals surface area contributed by atoms with Gasteiger partial charge in [0.15, 0.2) is 0 Å². The second-order valence-corrected chi connectivity index (χ2v) is 11.5. The van der Waals surface area contributed by atoms with Gasteiger partial charge < -0.3 is 20.6 Å². The Kier molecular flexibility index (Phi) is 10.5. The lowest BCUT2D eigenvalue weighted by atomic mass is 9.95. The first-order valence-electron chi connectivity index (χ1n) is 11.5. The van der Waals surface area contributed by atoms with E-state index < -0.39 is 20.2 Å². The molecular formula is C28H32N2O6S2. The zero-order valence-electron chi connectivity index (χ0n) is 21.8. The molecule has 6 N–H and O–H groups in total. The van der Waals surface area contributed by atoms with Crippen LogP contribution in [0.2, 0.25) is 0 Å². The van der Waals surface area contributed by atoms with Crippen LogP contribution in [0.1, 0.15) is 22.3 Å². The Balaban J connectivity index is 0.000000216. The molecule has 38 heavy (non-hydrogen) atoms. The summed E-state index contributed by atoms with van der Waals surface area (Å²) in [6.45, 7) is 8.48. The molecule has 0 radical (unpaired) electrons. The molecule has 0 atom stereocenters. The van der Waals surface area contributed by atoms with Crippen molar-refractivity contribution in [1.82, 2.24) is 0 Å². The number of rotatable bonds is 3. The van der Waals surface area contributed by atoms with E-state index in [4.69, 9.17) is 0 Å². The summed E-state index contributed by atoms with van der Waals surface area (Å²) in [5, 5.41) is 0. The van der Waals surface area contributed by atoms with Gasteiger partial charge >= 0.3 is 0 Å².